The van der Waals surface area contributed by atoms with Crippen LogP contribution in [0.25, 0.3) is 5.70 Å². The van der Waals surface area contributed by atoms with Crippen molar-refractivity contribution in [3.63, 3.8) is 0 Å². The first-order chi connectivity index (χ1) is 11.4. The average Bonchev–Trinajstić information content (AvgIpc) is 3.05. The molecule has 0 saturated heterocycles. The Labute approximate surface area is 145 Å². The van der Waals surface area contributed by atoms with E-state index in [2.05, 4.69) is 24.2 Å². The van der Waals surface area contributed by atoms with E-state index in [1.807, 2.05) is 12.1 Å². The summed E-state index contributed by atoms with van der Waals surface area (Å²) in [6, 6.07) is 4.30. The van der Waals surface area contributed by atoms with Gasteiger partial charge in [0.25, 0.3) is 0 Å². The summed E-state index contributed by atoms with van der Waals surface area (Å²) in [5.41, 5.74) is 6.46. The lowest BCUT2D eigenvalue weighted by atomic mass is 10.3. The van der Waals surface area contributed by atoms with Crippen LogP contribution in [0.1, 0.15) is 23.6 Å². The molecule has 0 amide bonds. The number of carbonyl (C=O) groups excluding carboxylic acids is 2. The number of nitrogens with two attached hydrogens (primary N) is 1. The number of hydrogen-bond donors (Lipinski definition) is 2. The highest BCUT2D eigenvalue weighted by atomic mass is 32.3. The summed E-state index contributed by atoms with van der Waals surface area (Å²) in [6.07, 6.45) is 2.04. The highest BCUT2D eigenvalue weighted by molar-refractivity contribution is 8.41. The molecule has 0 fully saturated rings. The molecule has 2 aliphatic rings. The third kappa shape index (κ3) is 3.37. The predicted octanol–water partition coefficient (Wildman–Crippen LogP) is 2.16. The zero-order valence-electron chi connectivity index (χ0n) is 13.1. The molecule has 0 atom stereocenters. The van der Waals surface area contributed by atoms with Crippen LogP contribution < -0.4 is 11.1 Å². The molecule has 3 rings (SSSR count). The van der Waals surface area contributed by atoms with Gasteiger partial charge >= 0.3 is 11.9 Å². The number of carbonyl (C=O) groups is 2. The van der Waals surface area contributed by atoms with Gasteiger partial charge in [-0.15, -0.1) is 11.3 Å². The van der Waals surface area contributed by atoms with E-state index in [1.165, 1.54) is 5.41 Å². The Kier molecular flexibility index (Phi) is 4.48. The van der Waals surface area contributed by atoms with Crippen molar-refractivity contribution in [3.05, 3.63) is 39.4 Å². The molecule has 128 valence electrons. The Morgan fingerprint density at radius 1 is 1.25 bits per heavy atom. The number of aliphatic imine (C=N–C) groups is 1. The number of amidine groups is 1. The molecule has 3 heterocycles. The topological polar surface area (TPSA) is 103 Å². The van der Waals surface area contributed by atoms with Gasteiger partial charge in [0, 0.05) is 29.6 Å². The summed E-state index contributed by atoms with van der Waals surface area (Å²) in [5, 5.41) is 4.88. The third-order valence-electron chi connectivity index (χ3n) is 3.15. The van der Waals surface area contributed by atoms with Crippen LogP contribution in [0.15, 0.2) is 34.7 Å². The van der Waals surface area contributed by atoms with Crippen LogP contribution in [0.2, 0.25) is 0 Å². The fraction of sp³-hybridized carbons (Fsp3) is 0.267. The van der Waals surface area contributed by atoms with Crippen molar-refractivity contribution in [2.24, 2.45) is 10.7 Å². The van der Waals surface area contributed by atoms with Crippen LogP contribution in [0.3, 0.4) is 0 Å². The highest BCUT2D eigenvalue weighted by Crippen LogP contribution is 2.58. The Bertz CT molecular complexity index is 759. The Morgan fingerprint density at radius 3 is 2.54 bits per heavy atom. The van der Waals surface area contributed by atoms with Crippen LogP contribution in [-0.4, -0.2) is 23.1 Å². The number of nitrogens with zero attached hydrogens (tertiary/aromatic N) is 1. The fourth-order valence-electron chi connectivity index (χ4n) is 2.03. The Balaban J connectivity index is 1.85. The quantitative estimate of drug-likeness (QED) is 0.845. The molecule has 1 aromatic heterocycles. The van der Waals surface area contributed by atoms with Crippen LogP contribution in [-0.2, 0) is 24.5 Å². The maximum absolute atomic E-state index is 11.7. The Morgan fingerprint density at radius 2 is 1.92 bits per heavy atom. The summed E-state index contributed by atoms with van der Waals surface area (Å²) < 4.78 is 10.5. The number of thiophene rings is 1. The van der Waals surface area contributed by atoms with E-state index in [-0.39, 0.29) is 5.17 Å². The molecule has 0 radical (unpaired) electrons. The monoisotopic (exact) mass is 367 g/mol. The summed E-state index contributed by atoms with van der Waals surface area (Å²) in [7, 11) is -2.79. The van der Waals surface area contributed by atoms with Crippen LogP contribution in [0.5, 0.6) is 0 Å². The number of nitrogens with one attached hydrogen (secondary N) is 1. The van der Waals surface area contributed by atoms with Crippen molar-refractivity contribution in [2.75, 3.05) is 0 Å². The van der Waals surface area contributed by atoms with Crippen molar-refractivity contribution in [1.82, 2.24) is 5.32 Å². The second kappa shape index (κ2) is 6.42. The van der Waals surface area contributed by atoms with Gasteiger partial charge in [0.1, 0.15) is 5.70 Å². The van der Waals surface area contributed by atoms with Gasteiger partial charge in [0.2, 0.25) is 5.17 Å². The second-order valence-electron chi connectivity index (χ2n) is 5.44. The summed E-state index contributed by atoms with van der Waals surface area (Å²) in [5.74, 6) is -1.36. The third-order valence-corrected chi connectivity index (χ3v) is 6.29. The van der Waals surface area contributed by atoms with E-state index in [4.69, 9.17) is 14.1 Å². The molecule has 0 aliphatic carbocycles. The van der Waals surface area contributed by atoms with Gasteiger partial charge in [0.15, 0.2) is 0 Å². The van der Waals surface area contributed by atoms with E-state index in [0.29, 0.717) is 11.7 Å². The predicted molar refractivity (Wildman–Crippen MR) is 94.8 cm³/mol. The lowest BCUT2D eigenvalue weighted by Crippen LogP contribution is -2.23. The van der Waals surface area contributed by atoms with Crippen LogP contribution in [0, 0.1) is 0 Å². The normalized spacial score (nSPS) is 20.5. The van der Waals surface area contributed by atoms with E-state index in [1.54, 1.807) is 11.3 Å². The molecular weight excluding hydrogens is 350 g/mol. The minimum absolute atomic E-state index is 0.00171. The van der Waals surface area contributed by atoms with Gasteiger partial charge in [-0.05, 0) is 22.7 Å². The molecule has 24 heavy (non-hydrogen) atoms. The highest BCUT2D eigenvalue weighted by Gasteiger charge is 2.37. The molecule has 3 N–H and O–H groups in total. The minimum Gasteiger partial charge on any atom is -0.368 e. The van der Waals surface area contributed by atoms with Gasteiger partial charge in [0.05, 0.1) is 10.3 Å². The standard InChI is InChI=1S/C15H17N3O4S2/c1-9(2)17-7-10-3-4-12(23-10)11-8-24(15(16)18-11)21-13(19)5-6-14(20)22-24/h3-6,8-9,17H,7H2,1-2H3,(H2,16,18). The molecule has 9 heteroatoms. The second-order valence-corrected chi connectivity index (χ2v) is 8.68. The van der Waals surface area contributed by atoms with Crippen molar-refractivity contribution in [1.29, 1.82) is 0 Å². The minimum atomic E-state index is -2.79. The van der Waals surface area contributed by atoms with Gasteiger partial charge in [-0.2, -0.15) is 0 Å². The first kappa shape index (κ1) is 16.7. The summed E-state index contributed by atoms with van der Waals surface area (Å²) in [6.45, 7) is 4.91. The van der Waals surface area contributed by atoms with E-state index >= 15 is 0 Å². The van der Waals surface area contributed by atoms with Gasteiger partial charge in [-0.3, -0.25) is 0 Å². The average molecular weight is 367 g/mol. The molecule has 0 bridgehead atoms. The lowest BCUT2D eigenvalue weighted by Gasteiger charge is -2.32. The molecule has 1 spiro atoms. The smallest absolute Gasteiger partial charge is 0.354 e. The molecule has 0 aromatic carbocycles. The van der Waals surface area contributed by atoms with Gasteiger partial charge in [-0.25, -0.2) is 14.6 Å². The zero-order chi connectivity index (χ0) is 17.3. The molecule has 0 unspecified atom stereocenters. The van der Waals surface area contributed by atoms with Crippen LogP contribution in [0.4, 0.5) is 0 Å². The summed E-state index contributed by atoms with van der Waals surface area (Å²) in [4.78, 5) is 29.6. The van der Waals surface area contributed by atoms with Gasteiger partial charge < -0.3 is 19.4 Å². The van der Waals surface area contributed by atoms with E-state index in [0.717, 1.165) is 28.5 Å². The van der Waals surface area contributed by atoms with Crippen molar-refractivity contribution in [2.45, 2.75) is 26.4 Å². The molecular formula is C15H17N3O4S2. The molecule has 1 aromatic rings. The fourth-order valence-corrected chi connectivity index (χ4v) is 4.74. The molecule has 2 aliphatic heterocycles. The molecule has 0 saturated carbocycles. The van der Waals surface area contributed by atoms with Crippen molar-refractivity contribution in [3.8, 4) is 0 Å². The first-order valence-electron chi connectivity index (χ1n) is 7.24. The zero-order valence-corrected chi connectivity index (χ0v) is 14.8. The summed E-state index contributed by atoms with van der Waals surface area (Å²) >= 11 is 1.55. The maximum Gasteiger partial charge on any atom is 0.354 e. The van der Waals surface area contributed by atoms with E-state index < -0.39 is 22.5 Å². The largest absolute Gasteiger partial charge is 0.368 e. The van der Waals surface area contributed by atoms with Crippen molar-refractivity contribution >= 4 is 44.7 Å². The van der Waals surface area contributed by atoms with Gasteiger partial charge in [-0.1, -0.05) is 13.8 Å². The van der Waals surface area contributed by atoms with Crippen LogP contribution >= 0.6 is 21.9 Å². The Hall–Kier alpha value is -2.10. The number of rotatable bonds is 4. The SMILES string of the molecule is CC(C)NCc1ccc(C2=CS3(OC(=O)C=CC(=O)O3)C(N)=N2)s1. The van der Waals surface area contributed by atoms with Crippen molar-refractivity contribution < 1.29 is 18.0 Å². The van der Waals surface area contributed by atoms with E-state index in [9.17, 15) is 9.59 Å². The number of hydrogen-bond acceptors (Lipinski definition) is 8. The first-order valence-corrected chi connectivity index (χ1v) is 9.61. The molecule has 7 nitrogen and oxygen atoms in total. The maximum atomic E-state index is 11.7. The lowest BCUT2D eigenvalue weighted by molar-refractivity contribution is -0.129.